The van der Waals surface area contributed by atoms with E-state index in [1.165, 1.54) is 24.3 Å². The topological polar surface area (TPSA) is 200 Å². The summed E-state index contributed by atoms with van der Waals surface area (Å²) < 4.78 is 27.1. The van der Waals surface area contributed by atoms with Crippen LogP contribution in [-0.4, -0.2) is 83.1 Å². The van der Waals surface area contributed by atoms with Crippen molar-refractivity contribution in [3.63, 3.8) is 0 Å². The van der Waals surface area contributed by atoms with Crippen LogP contribution in [0.3, 0.4) is 0 Å². The second-order valence-corrected chi connectivity index (χ2v) is 8.94. The second kappa shape index (κ2) is 10.6. The van der Waals surface area contributed by atoms with E-state index >= 15 is 4.39 Å². The van der Waals surface area contributed by atoms with Crippen LogP contribution >= 0.6 is 11.6 Å². The van der Waals surface area contributed by atoms with Crippen LogP contribution < -0.4 is 5.73 Å². The average Bonchev–Trinajstić information content (AvgIpc) is 3.42. The molecule has 3 heterocycles. The predicted molar refractivity (Wildman–Crippen MR) is 128 cm³/mol. The first-order valence-electron chi connectivity index (χ1n) is 11.3. The first kappa shape index (κ1) is 27.3. The van der Waals surface area contributed by atoms with Gasteiger partial charge >= 0.3 is 11.9 Å². The van der Waals surface area contributed by atoms with Gasteiger partial charge in [0.2, 0.25) is 5.28 Å². The molecular formula is C23H23ClFN5O8. The van der Waals surface area contributed by atoms with Gasteiger partial charge in [0.1, 0.15) is 17.7 Å². The van der Waals surface area contributed by atoms with E-state index in [2.05, 4.69) is 15.0 Å². The Bertz CT molecular complexity index is 1370. The molecule has 38 heavy (non-hydrogen) atoms. The molecule has 1 aromatic carbocycles. The molecular weight excluding hydrogens is 529 g/mol. The smallest absolute Gasteiger partial charge is 0.348 e. The standard InChI is InChI=1S/C23H23ClFN5O8/c1-2-12(31)11-5-3-10(4-6-11)7-23(20(33)34,21(35)36)37-8-13-16(32)14(25)19(38-13)30-9-27-15-17(26)28-22(24)29-18(15)30/h3-6,9,13-14,16,19,32H,2,7-8H2,1H3,(H,33,34)(H,35,36)(H2,26,28,29)/t13-,14+,16-,19-/m1/s1. The van der Waals surface area contributed by atoms with Crippen molar-refractivity contribution in [3.8, 4) is 0 Å². The molecule has 1 fully saturated rings. The molecule has 0 amide bonds. The highest BCUT2D eigenvalue weighted by Gasteiger charge is 2.52. The van der Waals surface area contributed by atoms with Crippen molar-refractivity contribution in [1.82, 2.24) is 19.5 Å². The van der Waals surface area contributed by atoms with Crippen LogP contribution in [-0.2, 0) is 25.5 Å². The van der Waals surface area contributed by atoms with Gasteiger partial charge in [-0.3, -0.25) is 9.36 Å². The van der Waals surface area contributed by atoms with Gasteiger partial charge in [0.15, 0.2) is 29.6 Å². The van der Waals surface area contributed by atoms with Gasteiger partial charge in [0.05, 0.1) is 12.9 Å². The molecule has 13 nitrogen and oxygen atoms in total. The second-order valence-electron chi connectivity index (χ2n) is 8.60. The van der Waals surface area contributed by atoms with Crippen LogP contribution in [0.5, 0.6) is 0 Å². The van der Waals surface area contributed by atoms with Crippen LogP contribution in [0.15, 0.2) is 30.6 Å². The largest absolute Gasteiger partial charge is 0.479 e. The number of benzene rings is 1. The van der Waals surface area contributed by atoms with Gasteiger partial charge in [-0.1, -0.05) is 31.2 Å². The van der Waals surface area contributed by atoms with E-state index in [1.54, 1.807) is 6.92 Å². The lowest BCUT2D eigenvalue weighted by Crippen LogP contribution is -2.52. The Kier molecular flexibility index (Phi) is 7.60. The number of ketones is 1. The molecule has 0 saturated carbocycles. The van der Waals surface area contributed by atoms with Gasteiger partial charge < -0.3 is 30.5 Å². The third kappa shape index (κ3) is 4.90. The van der Waals surface area contributed by atoms with Crippen LogP contribution in [0.2, 0.25) is 5.28 Å². The number of nitrogen functional groups attached to an aromatic ring is 1. The zero-order valence-corrected chi connectivity index (χ0v) is 20.6. The highest BCUT2D eigenvalue weighted by Crippen LogP contribution is 2.35. The summed E-state index contributed by atoms with van der Waals surface area (Å²) in [5.41, 5.74) is 3.75. The molecule has 2 aromatic heterocycles. The number of aliphatic hydroxyl groups is 1. The van der Waals surface area contributed by atoms with Gasteiger partial charge in [-0.05, 0) is 17.2 Å². The molecule has 4 atom stereocenters. The molecule has 1 aliphatic heterocycles. The van der Waals surface area contributed by atoms with Gasteiger partial charge in [-0.25, -0.2) is 19.0 Å². The Balaban J connectivity index is 1.55. The van der Waals surface area contributed by atoms with E-state index in [0.29, 0.717) is 5.56 Å². The number of nitrogens with zero attached hydrogens (tertiary/aromatic N) is 4. The fourth-order valence-corrected chi connectivity index (χ4v) is 4.27. The van der Waals surface area contributed by atoms with Crippen LogP contribution in [0.1, 0.15) is 35.5 Å². The van der Waals surface area contributed by atoms with E-state index in [4.69, 9.17) is 26.8 Å². The number of aromatic nitrogens is 4. The van der Waals surface area contributed by atoms with E-state index < -0.39 is 55.2 Å². The Labute approximate surface area is 219 Å². The highest BCUT2D eigenvalue weighted by atomic mass is 35.5. The van der Waals surface area contributed by atoms with Crippen molar-refractivity contribution in [3.05, 3.63) is 47.0 Å². The predicted octanol–water partition coefficient (Wildman–Crippen LogP) is 1.42. The maximum Gasteiger partial charge on any atom is 0.348 e. The maximum absolute atomic E-state index is 15.1. The first-order valence-corrected chi connectivity index (χ1v) is 11.7. The maximum atomic E-state index is 15.1. The summed E-state index contributed by atoms with van der Waals surface area (Å²) in [5, 5.41) is 29.8. The van der Waals surface area contributed by atoms with Crippen molar-refractivity contribution in [2.24, 2.45) is 0 Å². The minimum atomic E-state index is -2.79. The summed E-state index contributed by atoms with van der Waals surface area (Å²) in [6.07, 6.45) is -6.00. The molecule has 3 aromatic rings. The number of ether oxygens (including phenoxy) is 2. The van der Waals surface area contributed by atoms with Crippen LogP contribution in [0.25, 0.3) is 11.2 Å². The fraction of sp³-hybridized carbons (Fsp3) is 0.391. The molecule has 202 valence electrons. The Morgan fingerprint density at radius 1 is 1.21 bits per heavy atom. The Morgan fingerprint density at radius 2 is 1.87 bits per heavy atom. The molecule has 0 unspecified atom stereocenters. The van der Waals surface area contributed by atoms with Gasteiger partial charge in [-0.15, -0.1) is 0 Å². The molecule has 0 aliphatic carbocycles. The number of carboxylic acid groups (broad SMARTS) is 2. The quantitative estimate of drug-likeness (QED) is 0.161. The van der Waals surface area contributed by atoms with Crippen LogP contribution in [0.4, 0.5) is 10.2 Å². The number of anilines is 1. The molecule has 1 saturated heterocycles. The summed E-state index contributed by atoms with van der Waals surface area (Å²) >= 11 is 5.84. The van der Waals surface area contributed by atoms with Gasteiger partial charge in [0, 0.05) is 18.4 Å². The monoisotopic (exact) mass is 551 g/mol. The lowest BCUT2D eigenvalue weighted by molar-refractivity contribution is -0.190. The zero-order chi connectivity index (χ0) is 27.8. The van der Waals surface area contributed by atoms with E-state index in [-0.39, 0.29) is 40.0 Å². The summed E-state index contributed by atoms with van der Waals surface area (Å²) in [5.74, 6) is -3.84. The lowest BCUT2D eigenvalue weighted by Gasteiger charge is -2.27. The van der Waals surface area contributed by atoms with E-state index in [1.807, 2.05) is 0 Å². The first-order chi connectivity index (χ1) is 18.0. The number of hydrogen-bond donors (Lipinski definition) is 4. The minimum absolute atomic E-state index is 0.0272. The van der Waals surface area contributed by atoms with Crippen molar-refractivity contribution >= 4 is 46.3 Å². The number of rotatable bonds is 10. The summed E-state index contributed by atoms with van der Waals surface area (Å²) in [6.45, 7) is 0.900. The number of Topliss-reactive ketones (excluding diaryl/α,β-unsaturated/α-hetero) is 1. The highest BCUT2D eigenvalue weighted by molar-refractivity contribution is 6.28. The SMILES string of the molecule is CCC(=O)c1ccc(CC(OC[C@H]2O[C@@H](n3cnc4c(N)nc(Cl)nc43)[C@@H](F)[C@@H]2O)(C(=O)O)C(=O)O)cc1. The third-order valence-corrected chi connectivity index (χ3v) is 6.39. The summed E-state index contributed by atoms with van der Waals surface area (Å²) in [6, 6.07) is 5.75. The number of alkyl halides is 1. The number of halogens is 2. The summed E-state index contributed by atoms with van der Waals surface area (Å²) in [4.78, 5) is 47.8. The Morgan fingerprint density at radius 3 is 2.47 bits per heavy atom. The number of nitrogens with two attached hydrogens (primary N) is 1. The molecule has 15 heteroatoms. The summed E-state index contributed by atoms with van der Waals surface area (Å²) in [7, 11) is 0. The van der Waals surface area contributed by atoms with Gasteiger partial charge in [-0.2, -0.15) is 9.97 Å². The fourth-order valence-electron chi connectivity index (χ4n) is 4.10. The van der Waals surface area contributed by atoms with Gasteiger partial charge in [0.25, 0.3) is 5.60 Å². The van der Waals surface area contributed by atoms with Crippen molar-refractivity contribution in [1.29, 1.82) is 0 Å². The number of aliphatic carboxylic acids is 2. The lowest BCUT2D eigenvalue weighted by atomic mass is 9.93. The zero-order valence-electron chi connectivity index (χ0n) is 19.8. The van der Waals surface area contributed by atoms with E-state index in [0.717, 1.165) is 10.9 Å². The number of carbonyl (C=O) groups is 3. The third-order valence-electron chi connectivity index (χ3n) is 6.22. The normalized spacial score (nSPS) is 21.6. The molecule has 4 rings (SSSR count). The van der Waals surface area contributed by atoms with E-state index in [9.17, 15) is 29.7 Å². The minimum Gasteiger partial charge on any atom is -0.479 e. The molecule has 0 radical (unpaired) electrons. The Hall–Kier alpha value is -3.72. The molecule has 0 spiro atoms. The number of fused-ring (bicyclic) bond motifs is 1. The van der Waals surface area contributed by atoms with Crippen molar-refractivity contribution in [2.45, 2.75) is 50.0 Å². The number of carboxylic acids is 2. The van der Waals surface area contributed by atoms with Crippen LogP contribution in [0, 0.1) is 0 Å². The number of imidazole rings is 1. The average molecular weight is 552 g/mol. The van der Waals surface area contributed by atoms with Crippen molar-refractivity contribution in [2.75, 3.05) is 12.3 Å². The number of aliphatic hydroxyl groups excluding tert-OH is 1. The number of hydrogen-bond acceptors (Lipinski definition) is 10. The molecule has 5 N–H and O–H groups in total. The van der Waals surface area contributed by atoms with Crippen molar-refractivity contribution < 1.29 is 43.6 Å². The molecule has 0 bridgehead atoms. The number of carbonyl (C=O) groups excluding carboxylic acids is 1. The molecule has 1 aliphatic rings.